The number of carbonyl (C=O) groups is 3. The number of aryl methyl sites for hydroxylation is 1. The van der Waals surface area contributed by atoms with Crippen LogP contribution in [0.1, 0.15) is 24.0 Å². The lowest BCUT2D eigenvalue weighted by atomic mass is 9.70. The molecule has 3 fully saturated rings. The summed E-state index contributed by atoms with van der Waals surface area (Å²) in [5, 5.41) is 9.99. The second-order valence-electron chi connectivity index (χ2n) is 11.4. The third kappa shape index (κ3) is 5.58. The summed E-state index contributed by atoms with van der Waals surface area (Å²) in [6.07, 6.45) is 4.25. The number of hydrogen-bond acceptors (Lipinski definition) is 5. The van der Waals surface area contributed by atoms with E-state index in [4.69, 9.17) is 11.6 Å². The molecule has 7 nitrogen and oxygen atoms in total. The molecule has 3 heterocycles. The van der Waals surface area contributed by atoms with Gasteiger partial charge in [0.15, 0.2) is 0 Å². The highest BCUT2D eigenvalue weighted by Gasteiger charge is 2.76. The zero-order chi connectivity index (χ0) is 30.9. The number of likely N-dealkylation sites (tertiary alicyclic amines) is 1. The Labute approximate surface area is 271 Å². The minimum absolute atomic E-state index is 0.0548. The minimum Gasteiger partial charge on any atom is -0.396 e. The first kappa shape index (κ1) is 31.8. The van der Waals surface area contributed by atoms with E-state index in [0.29, 0.717) is 36.6 Å². The number of fused-ring (bicyclic) bond motifs is 1. The highest BCUT2D eigenvalue weighted by Crippen LogP contribution is 2.68. The second-order valence-corrected chi connectivity index (χ2v) is 14.5. The van der Waals surface area contributed by atoms with Crippen molar-refractivity contribution in [2.75, 3.05) is 31.1 Å². The maximum Gasteiger partial charge on any atom is 0.251 e. The van der Waals surface area contributed by atoms with Gasteiger partial charge in [0.25, 0.3) is 5.91 Å². The number of hydrogen-bond donors (Lipinski definition) is 1. The lowest BCUT2D eigenvalue weighted by molar-refractivity contribution is -0.144. The Morgan fingerprint density at radius 1 is 1.14 bits per heavy atom. The largest absolute Gasteiger partial charge is 0.396 e. The van der Waals surface area contributed by atoms with Crippen LogP contribution in [0.25, 0.3) is 0 Å². The van der Waals surface area contributed by atoms with E-state index in [-0.39, 0.29) is 47.5 Å². The number of rotatable bonds is 12. The first-order valence-corrected chi connectivity index (χ1v) is 16.7. The Kier molecular flexibility index (Phi) is 9.76. The first-order chi connectivity index (χ1) is 20.7. The molecule has 1 spiro atoms. The van der Waals surface area contributed by atoms with Gasteiger partial charge in [0.05, 0.1) is 27.3 Å². The smallest absolute Gasteiger partial charge is 0.251 e. The van der Waals surface area contributed by atoms with Crippen molar-refractivity contribution in [1.29, 1.82) is 0 Å². The lowest BCUT2D eigenvalue weighted by Gasteiger charge is -2.39. The third-order valence-corrected chi connectivity index (χ3v) is 12.3. The van der Waals surface area contributed by atoms with Crippen LogP contribution in [0, 0.1) is 18.8 Å². The monoisotopic (exact) mass is 685 g/mol. The summed E-state index contributed by atoms with van der Waals surface area (Å²) in [7, 11) is 0. The topological polar surface area (TPSA) is 81.2 Å². The van der Waals surface area contributed by atoms with Gasteiger partial charge in [0, 0.05) is 42.9 Å². The average Bonchev–Trinajstić information content (AvgIpc) is 3.58. The standard InChI is InChI=1S/C33H37BrClN3O4S/c1-4-15-36(20-22-12-7-6-8-13-22)30(40)25-26-31(41)38(17-10-18-39)29(33(26)19-23(34)28(25)43-33)32(42)37(16-5-2)27-21(3)11-9-14-24(27)35/h4-9,11-14,23,25-26,28-29,39H,1-2,10,15-20H2,3H3/t23?,25-,26-,28-,29?,33?/m0/s1. The van der Waals surface area contributed by atoms with Crippen LogP contribution in [0.5, 0.6) is 0 Å². The molecule has 3 amide bonds. The molecule has 43 heavy (non-hydrogen) atoms. The number of thioether (sulfide) groups is 1. The summed E-state index contributed by atoms with van der Waals surface area (Å²) in [6.45, 7) is 10.7. The van der Waals surface area contributed by atoms with Crippen molar-refractivity contribution in [2.45, 2.75) is 47.2 Å². The zero-order valence-corrected chi connectivity index (χ0v) is 27.4. The van der Waals surface area contributed by atoms with E-state index in [9.17, 15) is 19.5 Å². The van der Waals surface area contributed by atoms with E-state index < -0.39 is 22.6 Å². The molecule has 2 aromatic carbocycles. The van der Waals surface area contributed by atoms with Gasteiger partial charge in [-0.25, -0.2) is 0 Å². The number of anilines is 1. The van der Waals surface area contributed by atoms with Gasteiger partial charge in [-0.15, -0.1) is 24.9 Å². The molecule has 3 unspecified atom stereocenters. The molecule has 6 atom stereocenters. The number of alkyl halides is 1. The molecule has 0 radical (unpaired) electrons. The predicted octanol–water partition coefficient (Wildman–Crippen LogP) is 5.23. The highest BCUT2D eigenvalue weighted by molar-refractivity contribution is 9.09. The molecule has 5 rings (SSSR count). The Bertz CT molecular complexity index is 1390. The van der Waals surface area contributed by atoms with Crippen LogP contribution in [-0.2, 0) is 20.9 Å². The Morgan fingerprint density at radius 3 is 2.51 bits per heavy atom. The van der Waals surface area contributed by atoms with Gasteiger partial charge in [-0.3, -0.25) is 14.4 Å². The molecule has 0 saturated carbocycles. The number of benzene rings is 2. The van der Waals surface area contributed by atoms with Gasteiger partial charge in [0.1, 0.15) is 6.04 Å². The molecule has 2 bridgehead atoms. The summed E-state index contributed by atoms with van der Waals surface area (Å²) in [5.41, 5.74) is 2.41. The fourth-order valence-electron chi connectivity index (χ4n) is 7.11. The van der Waals surface area contributed by atoms with Crippen LogP contribution in [0.4, 0.5) is 5.69 Å². The van der Waals surface area contributed by atoms with Gasteiger partial charge in [0.2, 0.25) is 11.8 Å². The Balaban J connectivity index is 1.57. The van der Waals surface area contributed by atoms with Crippen molar-refractivity contribution < 1.29 is 19.5 Å². The van der Waals surface area contributed by atoms with Gasteiger partial charge < -0.3 is 19.8 Å². The van der Waals surface area contributed by atoms with Crippen LogP contribution in [0.3, 0.4) is 0 Å². The van der Waals surface area contributed by atoms with Crippen molar-refractivity contribution in [3.05, 3.63) is 90.0 Å². The predicted molar refractivity (Wildman–Crippen MR) is 176 cm³/mol. The summed E-state index contributed by atoms with van der Waals surface area (Å²) >= 11 is 12.1. The van der Waals surface area contributed by atoms with Crippen LogP contribution in [0.2, 0.25) is 5.02 Å². The number of halogens is 2. The molecule has 0 aliphatic carbocycles. The average molecular weight is 687 g/mol. The molecule has 10 heteroatoms. The fraction of sp³-hybridized carbons (Fsp3) is 0.424. The summed E-state index contributed by atoms with van der Waals surface area (Å²) in [5.74, 6) is -1.84. The first-order valence-electron chi connectivity index (χ1n) is 14.5. The van der Waals surface area contributed by atoms with E-state index in [2.05, 4.69) is 29.1 Å². The third-order valence-electron chi connectivity index (χ3n) is 8.78. The highest BCUT2D eigenvalue weighted by atomic mass is 79.9. The summed E-state index contributed by atoms with van der Waals surface area (Å²) in [4.78, 5) is 48.5. The molecule has 3 aliphatic heterocycles. The maximum atomic E-state index is 14.8. The van der Waals surface area contributed by atoms with Crippen molar-refractivity contribution in [1.82, 2.24) is 9.80 Å². The van der Waals surface area contributed by atoms with Gasteiger partial charge in [-0.2, -0.15) is 0 Å². The number of nitrogens with zero attached hydrogens (tertiary/aromatic N) is 3. The minimum atomic E-state index is -0.831. The van der Waals surface area contributed by atoms with E-state index in [0.717, 1.165) is 11.1 Å². The van der Waals surface area contributed by atoms with E-state index in [1.54, 1.807) is 44.7 Å². The van der Waals surface area contributed by atoms with Crippen LogP contribution < -0.4 is 4.90 Å². The van der Waals surface area contributed by atoms with Crippen molar-refractivity contribution >= 4 is 62.7 Å². The number of aliphatic hydroxyl groups is 1. The normalized spacial score (nSPS) is 27.2. The molecular weight excluding hydrogens is 650 g/mol. The fourth-order valence-corrected chi connectivity index (χ4v) is 11.0. The SMILES string of the molecule is C=CCN(Cc1ccccc1)C(=O)[C@H]1[C@H]2C(=O)N(CCCO)C(C(=O)N(CC=C)c3c(C)cccc3Cl)C23CC(Br)[C@@H]1S3. The number of aliphatic hydroxyl groups excluding tert-OH is 1. The van der Waals surface area contributed by atoms with Gasteiger partial charge in [-0.05, 0) is 37.0 Å². The number of para-hydroxylation sites is 1. The Morgan fingerprint density at radius 2 is 1.86 bits per heavy atom. The molecule has 1 N–H and O–H groups in total. The summed E-state index contributed by atoms with van der Waals surface area (Å²) in [6, 6.07) is 14.4. The van der Waals surface area contributed by atoms with Gasteiger partial charge >= 0.3 is 0 Å². The quantitative estimate of drug-likeness (QED) is 0.245. The van der Waals surface area contributed by atoms with E-state index >= 15 is 0 Å². The summed E-state index contributed by atoms with van der Waals surface area (Å²) < 4.78 is -0.816. The van der Waals surface area contributed by atoms with Crippen LogP contribution in [-0.4, -0.2) is 79.7 Å². The molecule has 0 aromatic heterocycles. The van der Waals surface area contributed by atoms with Gasteiger partial charge in [-0.1, -0.05) is 82.1 Å². The van der Waals surface area contributed by atoms with Crippen molar-refractivity contribution in [3.8, 4) is 0 Å². The van der Waals surface area contributed by atoms with Crippen LogP contribution in [0.15, 0.2) is 73.8 Å². The molecule has 3 aliphatic rings. The lowest BCUT2D eigenvalue weighted by Crippen LogP contribution is -2.56. The molecular formula is C33H37BrClN3O4S. The number of amides is 3. The molecule has 228 valence electrons. The zero-order valence-electron chi connectivity index (χ0n) is 24.2. The Hall–Kier alpha value is -2.59. The van der Waals surface area contributed by atoms with Crippen molar-refractivity contribution in [3.63, 3.8) is 0 Å². The molecule has 2 aromatic rings. The molecule has 3 saturated heterocycles. The van der Waals surface area contributed by atoms with Crippen LogP contribution >= 0.6 is 39.3 Å². The van der Waals surface area contributed by atoms with E-state index in [1.807, 2.05) is 49.4 Å². The number of carbonyl (C=O) groups excluding carboxylic acids is 3. The second kappa shape index (κ2) is 13.2. The van der Waals surface area contributed by atoms with Crippen molar-refractivity contribution in [2.24, 2.45) is 11.8 Å². The maximum absolute atomic E-state index is 14.8. The van der Waals surface area contributed by atoms with E-state index in [1.165, 1.54) is 0 Å².